The van der Waals surface area contributed by atoms with E-state index in [-0.39, 0.29) is 22.3 Å². The van der Waals surface area contributed by atoms with Gasteiger partial charge in [0.15, 0.2) is 0 Å². The maximum absolute atomic E-state index is 12.7. The SMILES string of the molecule is CC(C)N(Cc1ccccc1)C(=O)c1cc(Cl)nc(Cl)c1. The van der Waals surface area contributed by atoms with Gasteiger partial charge < -0.3 is 4.90 Å². The number of pyridine rings is 1. The Morgan fingerprint density at radius 1 is 1.14 bits per heavy atom. The molecule has 0 saturated heterocycles. The summed E-state index contributed by atoms with van der Waals surface area (Å²) in [6.07, 6.45) is 0. The van der Waals surface area contributed by atoms with Crippen LogP contribution in [0.15, 0.2) is 42.5 Å². The van der Waals surface area contributed by atoms with E-state index >= 15 is 0 Å². The molecule has 1 heterocycles. The highest BCUT2D eigenvalue weighted by molar-refractivity contribution is 6.33. The molecule has 0 aliphatic heterocycles. The number of hydrogen-bond acceptors (Lipinski definition) is 2. The Labute approximate surface area is 134 Å². The molecule has 0 saturated carbocycles. The topological polar surface area (TPSA) is 33.2 Å². The van der Waals surface area contributed by atoms with Gasteiger partial charge in [-0.15, -0.1) is 0 Å². The van der Waals surface area contributed by atoms with Crippen molar-refractivity contribution in [3.05, 3.63) is 63.9 Å². The average molecular weight is 323 g/mol. The summed E-state index contributed by atoms with van der Waals surface area (Å²) in [4.78, 5) is 18.3. The largest absolute Gasteiger partial charge is 0.332 e. The van der Waals surface area contributed by atoms with Crippen molar-refractivity contribution in [1.29, 1.82) is 0 Å². The van der Waals surface area contributed by atoms with Crippen LogP contribution in [0, 0.1) is 0 Å². The van der Waals surface area contributed by atoms with Crippen LogP contribution in [0.1, 0.15) is 29.8 Å². The molecule has 0 N–H and O–H groups in total. The zero-order valence-electron chi connectivity index (χ0n) is 11.9. The van der Waals surface area contributed by atoms with Crippen LogP contribution in [-0.2, 0) is 6.54 Å². The molecule has 0 fully saturated rings. The number of benzene rings is 1. The first-order valence-corrected chi connectivity index (χ1v) is 7.41. The molecular weight excluding hydrogens is 307 g/mol. The lowest BCUT2D eigenvalue weighted by molar-refractivity contribution is 0.0690. The van der Waals surface area contributed by atoms with E-state index in [0.29, 0.717) is 12.1 Å². The molecule has 5 heteroatoms. The fourth-order valence-corrected chi connectivity index (χ4v) is 2.48. The summed E-state index contributed by atoms with van der Waals surface area (Å²) in [6, 6.07) is 13.0. The van der Waals surface area contributed by atoms with Gasteiger partial charge in [-0.25, -0.2) is 4.98 Å². The first-order valence-electron chi connectivity index (χ1n) is 6.65. The van der Waals surface area contributed by atoms with E-state index in [2.05, 4.69) is 4.98 Å². The molecular formula is C16H16Cl2N2O. The second kappa shape index (κ2) is 6.92. The number of carbonyl (C=O) groups excluding carboxylic acids is 1. The number of amides is 1. The number of carbonyl (C=O) groups is 1. The number of rotatable bonds is 4. The highest BCUT2D eigenvalue weighted by Crippen LogP contribution is 2.19. The molecule has 0 unspecified atom stereocenters. The fourth-order valence-electron chi connectivity index (χ4n) is 2.02. The molecule has 0 radical (unpaired) electrons. The van der Waals surface area contributed by atoms with Crippen LogP contribution in [0.2, 0.25) is 10.3 Å². The summed E-state index contributed by atoms with van der Waals surface area (Å²) in [5.74, 6) is -0.111. The quantitative estimate of drug-likeness (QED) is 0.779. The van der Waals surface area contributed by atoms with Gasteiger partial charge in [-0.05, 0) is 31.5 Å². The second-order valence-electron chi connectivity index (χ2n) is 5.01. The Morgan fingerprint density at radius 2 is 1.71 bits per heavy atom. The number of halogens is 2. The van der Waals surface area contributed by atoms with Crippen molar-refractivity contribution in [2.75, 3.05) is 0 Å². The molecule has 1 amide bonds. The van der Waals surface area contributed by atoms with Crippen LogP contribution in [0.4, 0.5) is 0 Å². The van der Waals surface area contributed by atoms with Crippen LogP contribution in [0.5, 0.6) is 0 Å². The Bertz CT molecular complexity index is 609. The lowest BCUT2D eigenvalue weighted by atomic mass is 10.1. The van der Waals surface area contributed by atoms with Gasteiger partial charge in [-0.3, -0.25) is 4.79 Å². The Kier molecular flexibility index (Phi) is 5.21. The molecule has 0 bridgehead atoms. The average Bonchev–Trinajstić information content (AvgIpc) is 2.44. The number of aromatic nitrogens is 1. The van der Waals surface area contributed by atoms with Gasteiger partial charge in [0.05, 0.1) is 0 Å². The minimum atomic E-state index is -0.111. The van der Waals surface area contributed by atoms with Crippen LogP contribution in [-0.4, -0.2) is 21.8 Å². The first kappa shape index (κ1) is 15.8. The van der Waals surface area contributed by atoms with Crippen molar-refractivity contribution in [1.82, 2.24) is 9.88 Å². The van der Waals surface area contributed by atoms with Gasteiger partial charge in [0.25, 0.3) is 5.91 Å². The van der Waals surface area contributed by atoms with Gasteiger partial charge >= 0.3 is 0 Å². The lowest BCUT2D eigenvalue weighted by Gasteiger charge is -2.27. The first-order chi connectivity index (χ1) is 9.97. The zero-order valence-corrected chi connectivity index (χ0v) is 13.4. The summed E-state index contributed by atoms with van der Waals surface area (Å²) in [7, 11) is 0. The molecule has 1 aromatic carbocycles. The molecule has 0 aliphatic rings. The third-order valence-electron chi connectivity index (χ3n) is 3.09. The minimum Gasteiger partial charge on any atom is -0.332 e. The highest BCUT2D eigenvalue weighted by atomic mass is 35.5. The van der Waals surface area contributed by atoms with Crippen LogP contribution < -0.4 is 0 Å². The second-order valence-corrected chi connectivity index (χ2v) is 5.79. The van der Waals surface area contributed by atoms with Gasteiger partial charge in [-0.1, -0.05) is 53.5 Å². The Morgan fingerprint density at radius 3 is 2.24 bits per heavy atom. The van der Waals surface area contributed by atoms with Crippen molar-refractivity contribution >= 4 is 29.1 Å². The molecule has 3 nitrogen and oxygen atoms in total. The summed E-state index contributed by atoms with van der Waals surface area (Å²) in [6.45, 7) is 4.49. The van der Waals surface area contributed by atoms with Crippen molar-refractivity contribution < 1.29 is 4.79 Å². The summed E-state index contributed by atoms with van der Waals surface area (Å²) >= 11 is 11.7. The van der Waals surface area contributed by atoms with E-state index in [4.69, 9.17) is 23.2 Å². The van der Waals surface area contributed by atoms with Gasteiger partial charge in [-0.2, -0.15) is 0 Å². The fraction of sp³-hybridized carbons (Fsp3) is 0.250. The van der Waals surface area contributed by atoms with Gasteiger partial charge in [0.2, 0.25) is 0 Å². The summed E-state index contributed by atoms with van der Waals surface area (Å²) < 4.78 is 0. The third kappa shape index (κ3) is 4.19. The van der Waals surface area contributed by atoms with Crippen molar-refractivity contribution in [3.63, 3.8) is 0 Å². The summed E-state index contributed by atoms with van der Waals surface area (Å²) in [5, 5.41) is 0.434. The predicted molar refractivity (Wildman–Crippen MR) is 85.7 cm³/mol. The van der Waals surface area contributed by atoms with E-state index < -0.39 is 0 Å². The maximum Gasteiger partial charge on any atom is 0.254 e. The third-order valence-corrected chi connectivity index (χ3v) is 3.48. The van der Waals surface area contributed by atoms with E-state index in [1.807, 2.05) is 44.2 Å². The van der Waals surface area contributed by atoms with Crippen molar-refractivity contribution in [2.45, 2.75) is 26.4 Å². The molecule has 2 aromatic rings. The Balaban J connectivity index is 2.27. The lowest BCUT2D eigenvalue weighted by Crippen LogP contribution is -2.36. The Hall–Kier alpha value is -1.58. The molecule has 1 aromatic heterocycles. The maximum atomic E-state index is 12.7. The van der Waals surface area contributed by atoms with Gasteiger partial charge in [0.1, 0.15) is 10.3 Å². The monoisotopic (exact) mass is 322 g/mol. The normalized spacial score (nSPS) is 10.7. The smallest absolute Gasteiger partial charge is 0.254 e. The predicted octanol–water partition coefficient (Wildman–Crippen LogP) is 4.44. The highest BCUT2D eigenvalue weighted by Gasteiger charge is 2.20. The van der Waals surface area contributed by atoms with Crippen LogP contribution in [0.25, 0.3) is 0 Å². The van der Waals surface area contributed by atoms with Crippen molar-refractivity contribution in [2.24, 2.45) is 0 Å². The van der Waals surface area contributed by atoms with E-state index in [1.54, 1.807) is 4.90 Å². The zero-order chi connectivity index (χ0) is 15.4. The van der Waals surface area contributed by atoms with Crippen LogP contribution in [0.3, 0.4) is 0 Å². The molecule has 2 rings (SSSR count). The van der Waals surface area contributed by atoms with Crippen molar-refractivity contribution in [3.8, 4) is 0 Å². The number of hydrogen-bond donors (Lipinski definition) is 0. The molecule has 0 atom stereocenters. The molecule has 110 valence electrons. The van der Waals surface area contributed by atoms with E-state index in [0.717, 1.165) is 5.56 Å². The summed E-state index contributed by atoms with van der Waals surface area (Å²) in [5.41, 5.74) is 1.52. The van der Waals surface area contributed by atoms with E-state index in [9.17, 15) is 4.79 Å². The minimum absolute atomic E-state index is 0.0587. The van der Waals surface area contributed by atoms with Gasteiger partial charge in [0, 0.05) is 18.2 Å². The standard InChI is InChI=1S/C16H16Cl2N2O/c1-11(2)20(10-12-6-4-3-5-7-12)16(21)13-8-14(17)19-15(18)9-13/h3-9,11H,10H2,1-2H3. The molecule has 21 heavy (non-hydrogen) atoms. The van der Waals surface area contributed by atoms with Crippen LogP contribution >= 0.6 is 23.2 Å². The molecule has 0 spiro atoms. The van der Waals surface area contributed by atoms with E-state index in [1.165, 1.54) is 12.1 Å². The molecule has 0 aliphatic carbocycles. The number of nitrogens with zero attached hydrogens (tertiary/aromatic N) is 2.